The molecule has 1 aromatic carbocycles. The van der Waals surface area contributed by atoms with Gasteiger partial charge < -0.3 is 4.43 Å². The summed E-state index contributed by atoms with van der Waals surface area (Å²) in [6.45, 7) is 4.88. The summed E-state index contributed by atoms with van der Waals surface area (Å²) in [5, 5.41) is 1.48. The second-order valence-corrected chi connectivity index (χ2v) is 6.40. The number of hydrogen-bond donors (Lipinski definition) is 0. The zero-order valence-corrected chi connectivity index (χ0v) is 10.3. The van der Waals surface area contributed by atoms with E-state index in [0.717, 1.165) is 6.61 Å². The monoisotopic (exact) mass is 227 g/mol. The van der Waals surface area contributed by atoms with Crippen LogP contribution in [0, 0.1) is 0 Å². The molecule has 1 aromatic rings. The summed E-state index contributed by atoms with van der Waals surface area (Å²) in [5.41, 5.74) is 4.11. The molecule has 0 spiro atoms. The molecule has 0 atom stereocenters. The Morgan fingerprint density at radius 1 is 1.19 bits per heavy atom. The smallest absolute Gasteiger partial charge is 0.247 e. The summed E-state index contributed by atoms with van der Waals surface area (Å²) >= 11 is 0. The first-order valence-corrected chi connectivity index (χ1v) is 7.49. The van der Waals surface area contributed by atoms with Crippen molar-refractivity contribution in [2.45, 2.75) is 18.9 Å². The fraction of sp³-hybridized carbons (Fsp3) is 0.286. The minimum absolute atomic E-state index is 0.754. The molecule has 1 heterocycles. The van der Waals surface area contributed by atoms with Crippen molar-refractivity contribution in [3.8, 4) is 0 Å². The Bertz CT molecular complexity index is 456. The molecular weight excluding hydrogens is 212 g/mol. The van der Waals surface area contributed by atoms with Crippen LogP contribution >= 0.6 is 0 Å². The average Bonchev–Trinajstić information content (AvgIpc) is 2.33. The second kappa shape index (κ2) is 4.04. The van der Waals surface area contributed by atoms with Crippen molar-refractivity contribution < 1.29 is 4.43 Å². The molecule has 1 nitrogen and oxygen atoms in total. The van der Waals surface area contributed by atoms with Gasteiger partial charge in [-0.1, -0.05) is 43.3 Å². The van der Waals surface area contributed by atoms with Gasteiger partial charge in [0.05, 0.1) is 0 Å². The minimum Gasteiger partial charge on any atom is -0.412 e. The van der Waals surface area contributed by atoms with Crippen LogP contribution in [0.1, 0.15) is 24.0 Å². The molecule has 0 aromatic heterocycles. The third-order valence-electron chi connectivity index (χ3n) is 3.31. The van der Waals surface area contributed by atoms with Gasteiger partial charge in [-0.2, -0.15) is 0 Å². The highest BCUT2D eigenvalue weighted by molar-refractivity contribution is 6.77. The molecule has 0 saturated carbocycles. The first-order valence-electron chi connectivity index (χ1n) is 5.87. The van der Waals surface area contributed by atoms with Gasteiger partial charge in [-0.25, -0.2) is 0 Å². The quantitative estimate of drug-likeness (QED) is 0.703. The molecular formula is C14H15OSi. The molecule has 1 fully saturated rings. The van der Waals surface area contributed by atoms with Crippen molar-refractivity contribution >= 4 is 19.8 Å². The zero-order chi connectivity index (χ0) is 11.0. The van der Waals surface area contributed by atoms with Gasteiger partial charge in [0.15, 0.2) is 0 Å². The van der Waals surface area contributed by atoms with E-state index in [1.165, 1.54) is 40.8 Å². The molecule has 0 N–H and O–H groups in total. The molecule has 1 saturated heterocycles. The molecule has 1 aliphatic carbocycles. The van der Waals surface area contributed by atoms with E-state index < -0.39 is 9.04 Å². The second-order valence-electron chi connectivity index (χ2n) is 4.27. The largest absolute Gasteiger partial charge is 0.412 e. The molecule has 0 unspecified atom stereocenters. The van der Waals surface area contributed by atoms with Crippen LogP contribution in [0.3, 0.4) is 0 Å². The summed E-state index contributed by atoms with van der Waals surface area (Å²) in [6, 6.07) is 9.86. The van der Waals surface area contributed by atoms with E-state index in [1.807, 2.05) is 6.08 Å². The van der Waals surface area contributed by atoms with Crippen molar-refractivity contribution in [1.29, 1.82) is 0 Å². The molecule has 81 valence electrons. The van der Waals surface area contributed by atoms with Gasteiger partial charge in [0, 0.05) is 6.61 Å². The topological polar surface area (TPSA) is 9.23 Å². The zero-order valence-electron chi connectivity index (χ0n) is 9.33. The predicted molar refractivity (Wildman–Crippen MR) is 69.2 cm³/mol. The Morgan fingerprint density at radius 3 is 2.69 bits per heavy atom. The van der Waals surface area contributed by atoms with Gasteiger partial charge in [0.2, 0.25) is 9.04 Å². The summed E-state index contributed by atoms with van der Waals surface area (Å²) < 4.78 is 5.97. The molecule has 0 bridgehead atoms. The molecule has 1 aliphatic heterocycles. The summed E-state index contributed by atoms with van der Waals surface area (Å²) in [7, 11) is -0.754. The fourth-order valence-corrected chi connectivity index (χ4v) is 5.07. The van der Waals surface area contributed by atoms with Crippen LogP contribution in [-0.2, 0) is 4.43 Å². The number of fused-ring (bicyclic) bond motifs is 1. The minimum atomic E-state index is -0.754. The number of benzene rings is 1. The van der Waals surface area contributed by atoms with E-state index in [2.05, 4.69) is 30.8 Å². The summed E-state index contributed by atoms with van der Waals surface area (Å²) in [4.78, 5) is 0. The summed E-state index contributed by atoms with van der Waals surface area (Å²) in [5.74, 6) is 0. The van der Waals surface area contributed by atoms with Crippen LogP contribution in [0.25, 0.3) is 10.8 Å². The maximum absolute atomic E-state index is 5.97. The van der Waals surface area contributed by atoms with Crippen molar-refractivity contribution in [3.05, 3.63) is 48.0 Å². The highest BCUT2D eigenvalue weighted by Gasteiger charge is 2.33. The number of allylic oxidation sites excluding steroid dienone is 2. The third-order valence-corrected chi connectivity index (χ3v) is 5.77. The van der Waals surface area contributed by atoms with Gasteiger partial charge in [-0.15, -0.1) is 0 Å². The van der Waals surface area contributed by atoms with Crippen LogP contribution in [0.5, 0.6) is 0 Å². The van der Waals surface area contributed by atoms with Gasteiger partial charge in [0.25, 0.3) is 0 Å². The third kappa shape index (κ3) is 1.41. The van der Waals surface area contributed by atoms with Crippen molar-refractivity contribution in [1.82, 2.24) is 0 Å². The van der Waals surface area contributed by atoms with E-state index >= 15 is 0 Å². The lowest BCUT2D eigenvalue weighted by atomic mass is 9.88. The molecule has 2 aliphatic rings. The highest BCUT2D eigenvalue weighted by Crippen LogP contribution is 2.44. The van der Waals surface area contributed by atoms with E-state index in [0.29, 0.717) is 0 Å². The first kappa shape index (κ1) is 10.1. The molecule has 16 heavy (non-hydrogen) atoms. The molecule has 1 radical (unpaired) electrons. The summed E-state index contributed by atoms with van der Waals surface area (Å²) in [6.07, 6.45) is 4.55. The lowest BCUT2D eigenvalue weighted by molar-refractivity contribution is 0.295. The van der Waals surface area contributed by atoms with E-state index in [1.54, 1.807) is 0 Å². The van der Waals surface area contributed by atoms with Crippen LogP contribution in [0.2, 0.25) is 6.04 Å². The SMILES string of the molecule is C=CC1=C([Si]2CCCCO2)c2ccccc21. The Balaban J connectivity index is 1.97. The standard InChI is InChI=1S/C14H15OSi/c1-2-11-12-7-3-4-8-13(12)14(11)16-10-6-5-9-15-16/h2-4,7-8H,1,5-6,9-10H2. The van der Waals surface area contributed by atoms with Gasteiger partial charge in [-0.05, 0) is 34.4 Å². The fourth-order valence-electron chi connectivity index (χ4n) is 2.52. The van der Waals surface area contributed by atoms with Gasteiger partial charge in [-0.3, -0.25) is 0 Å². The molecule has 0 amide bonds. The Kier molecular flexibility index (Phi) is 2.54. The van der Waals surface area contributed by atoms with Crippen molar-refractivity contribution in [3.63, 3.8) is 0 Å². The lowest BCUT2D eigenvalue weighted by Crippen LogP contribution is -2.29. The van der Waals surface area contributed by atoms with Crippen molar-refractivity contribution in [2.75, 3.05) is 6.61 Å². The van der Waals surface area contributed by atoms with Crippen LogP contribution in [-0.4, -0.2) is 15.6 Å². The Hall–Kier alpha value is -1.12. The Morgan fingerprint density at radius 2 is 2.00 bits per heavy atom. The number of rotatable bonds is 2. The average molecular weight is 227 g/mol. The van der Waals surface area contributed by atoms with E-state index in [9.17, 15) is 0 Å². The van der Waals surface area contributed by atoms with E-state index in [4.69, 9.17) is 4.43 Å². The van der Waals surface area contributed by atoms with Crippen LogP contribution < -0.4 is 0 Å². The normalized spacial score (nSPS) is 20.2. The van der Waals surface area contributed by atoms with Gasteiger partial charge in [0.1, 0.15) is 0 Å². The van der Waals surface area contributed by atoms with Crippen LogP contribution in [0.4, 0.5) is 0 Å². The lowest BCUT2D eigenvalue weighted by Gasteiger charge is -2.32. The highest BCUT2D eigenvalue weighted by atomic mass is 28.3. The Labute approximate surface area is 98.2 Å². The maximum atomic E-state index is 5.97. The number of hydrogen-bond acceptors (Lipinski definition) is 1. The van der Waals surface area contributed by atoms with Gasteiger partial charge >= 0.3 is 0 Å². The molecule has 3 rings (SSSR count). The van der Waals surface area contributed by atoms with E-state index in [-0.39, 0.29) is 0 Å². The van der Waals surface area contributed by atoms with Crippen molar-refractivity contribution in [2.24, 2.45) is 0 Å². The molecule has 2 heteroatoms. The predicted octanol–water partition coefficient (Wildman–Crippen LogP) is 3.44. The van der Waals surface area contributed by atoms with Crippen LogP contribution in [0.15, 0.2) is 36.9 Å². The first-order chi connectivity index (χ1) is 7.92. The maximum Gasteiger partial charge on any atom is 0.247 e.